The summed E-state index contributed by atoms with van der Waals surface area (Å²) in [6, 6.07) is 8.88. The van der Waals surface area contributed by atoms with Crippen LogP contribution in [0.1, 0.15) is 37.3 Å². The van der Waals surface area contributed by atoms with Crippen LogP contribution in [-0.2, 0) is 13.2 Å². The van der Waals surface area contributed by atoms with Gasteiger partial charge >= 0.3 is 0 Å². The van der Waals surface area contributed by atoms with Gasteiger partial charge in [0.2, 0.25) is 0 Å². The third-order valence-corrected chi connectivity index (χ3v) is 3.60. The summed E-state index contributed by atoms with van der Waals surface area (Å²) < 4.78 is 0. The molecule has 0 saturated carbocycles. The summed E-state index contributed by atoms with van der Waals surface area (Å²) in [5.41, 5.74) is 2.35. The fourth-order valence-corrected chi connectivity index (χ4v) is 2.48. The summed E-state index contributed by atoms with van der Waals surface area (Å²) in [4.78, 5) is 2.53. The van der Waals surface area contributed by atoms with E-state index in [0.717, 1.165) is 12.1 Å². The second-order valence-electron chi connectivity index (χ2n) is 4.74. The first-order valence-electron chi connectivity index (χ1n) is 6.23. The van der Waals surface area contributed by atoms with Gasteiger partial charge in [-0.1, -0.05) is 30.7 Å². The second-order valence-corrected chi connectivity index (χ2v) is 4.74. The van der Waals surface area contributed by atoms with Crippen LogP contribution in [0, 0.1) is 0 Å². The van der Waals surface area contributed by atoms with E-state index in [9.17, 15) is 5.11 Å². The van der Waals surface area contributed by atoms with E-state index in [1.807, 2.05) is 12.1 Å². The molecule has 1 atom stereocenters. The van der Waals surface area contributed by atoms with Crippen molar-refractivity contribution in [3.05, 3.63) is 35.4 Å². The minimum atomic E-state index is 0. The van der Waals surface area contributed by atoms with Crippen LogP contribution in [0.25, 0.3) is 0 Å². The van der Waals surface area contributed by atoms with Gasteiger partial charge in [0.05, 0.1) is 6.61 Å². The molecule has 0 aliphatic carbocycles. The van der Waals surface area contributed by atoms with Crippen molar-refractivity contribution in [2.24, 2.45) is 0 Å². The molecule has 2 rings (SSSR count). The molecule has 96 valence electrons. The van der Waals surface area contributed by atoms with Gasteiger partial charge in [-0.2, -0.15) is 0 Å². The number of hydrogen-bond acceptors (Lipinski definition) is 2. The lowest BCUT2D eigenvalue weighted by molar-refractivity contribution is 0.151. The first-order chi connectivity index (χ1) is 7.81. The Bertz CT molecular complexity index is 343. The van der Waals surface area contributed by atoms with E-state index in [0.29, 0.717) is 6.04 Å². The Balaban J connectivity index is 0.00000144. The molecule has 0 radical (unpaired) electrons. The van der Waals surface area contributed by atoms with E-state index >= 15 is 0 Å². The summed E-state index contributed by atoms with van der Waals surface area (Å²) >= 11 is 0. The zero-order chi connectivity index (χ0) is 11.4. The minimum absolute atomic E-state index is 0. The molecule has 1 heterocycles. The molecule has 0 aromatic heterocycles. The van der Waals surface area contributed by atoms with Crippen molar-refractivity contribution in [2.45, 2.75) is 45.4 Å². The summed E-state index contributed by atoms with van der Waals surface area (Å²) in [5, 5.41) is 9.30. The van der Waals surface area contributed by atoms with Crippen LogP contribution in [0.15, 0.2) is 24.3 Å². The summed E-state index contributed by atoms with van der Waals surface area (Å²) in [6.45, 7) is 4.64. The largest absolute Gasteiger partial charge is 0.392 e. The van der Waals surface area contributed by atoms with Gasteiger partial charge in [-0.15, -0.1) is 12.4 Å². The normalized spacial score (nSPS) is 20.9. The molecular formula is C14H22ClNO. The highest BCUT2D eigenvalue weighted by atomic mass is 35.5. The lowest BCUT2D eigenvalue weighted by Crippen LogP contribution is -2.36. The van der Waals surface area contributed by atoms with E-state index < -0.39 is 0 Å². The Labute approximate surface area is 110 Å². The third kappa shape index (κ3) is 3.70. The van der Waals surface area contributed by atoms with E-state index in [1.54, 1.807) is 0 Å². The number of aliphatic hydroxyl groups is 1. The molecule has 0 amide bonds. The van der Waals surface area contributed by atoms with Crippen molar-refractivity contribution >= 4 is 12.4 Å². The highest BCUT2D eigenvalue weighted by Gasteiger charge is 2.18. The summed E-state index contributed by atoms with van der Waals surface area (Å²) in [5.74, 6) is 0. The molecular weight excluding hydrogens is 234 g/mol. The monoisotopic (exact) mass is 255 g/mol. The highest BCUT2D eigenvalue weighted by Crippen LogP contribution is 2.20. The van der Waals surface area contributed by atoms with Crippen LogP contribution < -0.4 is 0 Å². The van der Waals surface area contributed by atoms with E-state index in [1.165, 1.54) is 31.4 Å². The van der Waals surface area contributed by atoms with Gasteiger partial charge in [0, 0.05) is 12.6 Å². The predicted molar refractivity (Wildman–Crippen MR) is 73.3 cm³/mol. The third-order valence-electron chi connectivity index (χ3n) is 3.60. The van der Waals surface area contributed by atoms with Gasteiger partial charge in [-0.05, 0) is 37.4 Å². The topological polar surface area (TPSA) is 23.5 Å². The number of aliphatic hydroxyl groups excluding tert-OH is 1. The maximum Gasteiger partial charge on any atom is 0.0685 e. The smallest absolute Gasteiger partial charge is 0.0685 e. The van der Waals surface area contributed by atoms with Crippen LogP contribution in [0.3, 0.4) is 0 Å². The van der Waals surface area contributed by atoms with Crippen LogP contribution in [0.2, 0.25) is 0 Å². The van der Waals surface area contributed by atoms with Crippen molar-refractivity contribution in [2.75, 3.05) is 6.54 Å². The van der Waals surface area contributed by atoms with Gasteiger partial charge < -0.3 is 5.11 Å². The van der Waals surface area contributed by atoms with E-state index in [-0.39, 0.29) is 19.0 Å². The van der Waals surface area contributed by atoms with Crippen molar-refractivity contribution in [3.63, 3.8) is 0 Å². The molecule has 1 unspecified atom stereocenters. The first kappa shape index (κ1) is 14.5. The number of hydrogen-bond donors (Lipinski definition) is 1. The Morgan fingerprint density at radius 2 is 1.94 bits per heavy atom. The number of nitrogens with zero attached hydrogens (tertiary/aromatic N) is 1. The average Bonchev–Trinajstić information content (AvgIpc) is 2.33. The Kier molecular flexibility index (Phi) is 5.96. The number of rotatable bonds is 3. The zero-order valence-corrected chi connectivity index (χ0v) is 11.2. The van der Waals surface area contributed by atoms with Gasteiger partial charge in [0.1, 0.15) is 0 Å². The second kappa shape index (κ2) is 7.00. The molecule has 2 nitrogen and oxygen atoms in total. The lowest BCUT2D eigenvalue weighted by Gasteiger charge is -2.33. The molecule has 1 aliphatic rings. The molecule has 1 N–H and O–H groups in total. The predicted octanol–water partition coefficient (Wildman–Crippen LogP) is 2.98. The van der Waals surface area contributed by atoms with Crippen molar-refractivity contribution in [3.8, 4) is 0 Å². The molecule has 3 heteroatoms. The number of piperidine rings is 1. The Morgan fingerprint density at radius 1 is 1.24 bits per heavy atom. The number of halogens is 1. The fraction of sp³-hybridized carbons (Fsp3) is 0.571. The van der Waals surface area contributed by atoms with Crippen molar-refractivity contribution in [1.29, 1.82) is 0 Å². The van der Waals surface area contributed by atoms with Crippen LogP contribution in [0.5, 0.6) is 0 Å². The van der Waals surface area contributed by atoms with Crippen LogP contribution in [-0.4, -0.2) is 22.6 Å². The van der Waals surface area contributed by atoms with Gasteiger partial charge in [0.15, 0.2) is 0 Å². The Morgan fingerprint density at radius 3 is 2.59 bits per heavy atom. The molecule has 17 heavy (non-hydrogen) atoms. The standard InChI is InChI=1S/C14H21NO.ClH/c1-12-6-4-5-9-15(12)10-13-7-2-3-8-14(13)11-16;/h2-3,7-8,12,16H,4-6,9-11H2,1H3;1H. The molecule has 1 aromatic carbocycles. The first-order valence-corrected chi connectivity index (χ1v) is 6.23. The average molecular weight is 256 g/mol. The molecule has 1 aromatic rings. The highest BCUT2D eigenvalue weighted by molar-refractivity contribution is 5.85. The van der Waals surface area contributed by atoms with E-state index in [4.69, 9.17) is 0 Å². The molecule has 1 saturated heterocycles. The molecule has 1 aliphatic heterocycles. The summed E-state index contributed by atoms with van der Waals surface area (Å²) in [7, 11) is 0. The maximum absolute atomic E-state index is 9.30. The van der Waals surface area contributed by atoms with Gasteiger partial charge in [0.25, 0.3) is 0 Å². The molecule has 0 spiro atoms. The SMILES string of the molecule is CC1CCCCN1Cc1ccccc1CO.Cl. The molecule has 1 fully saturated rings. The van der Waals surface area contributed by atoms with Crippen molar-refractivity contribution in [1.82, 2.24) is 4.90 Å². The number of benzene rings is 1. The fourth-order valence-electron chi connectivity index (χ4n) is 2.48. The van der Waals surface area contributed by atoms with Crippen LogP contribution in [0.4, 0.5) is 0 Å². The van der Waals surface area contributed by atoms with Gasteiger partial charge in [-0.25, -0.2) is 0 Å². The molecule has 0 bridgehead atoms. The maximum atomic E-state index is 9.30. The lowest BCUT2D eigenvalue weighted by atomic mass is 10.0. The number of likely N-dealkylation sites (tertiary alicyclic amines) is 1. The van der Waals surface area contributed by atoms with Crippen molar-refractivity contribution < 1.29 is 5.11 Å². The quantitative estimate of drug-likeness (QED) is 0.898. The zero-order valence-electron chi connectivity index (χ0n) is 10.4. The Hall–Kier alpha value is -0.570. The van der Waals surface area contributed by atoms with Gasteiger partial charge in [-0.3, -0.25) is 4.90 Å². The summed E-state index contributed by atoms with van der Waals surface area (Å²) in [6.07, 6.45) is 3.98. The van der Waals surface area contributed by atoms with Crippen LogP contribution >= 0.6 is 12.4 Å². The minimum Gasteiger partial charge on any atom is -0.392 e. The van der Waals surface area contributed by atoms with E-state index in [2.05, 4.69) is 24.0 Å².